The highest BCUT2D eigenvalue weighted by molar-refractivity contribution is 6.31. The minimum atomic E-state index is -0.463. The smallest absolute Gasteiger partial charge is 0.266 e. The van der Waals surface area contributed by atoms with Crippen LogP contribution in [0.5, 0.6) is 0 Å². The van der Waals surface area contributed by atoms with Crippen molar-refractivity contribution in [2.75, 3.05) is 6.54 Å². The molecule has 0 aliphatic heterocycles. The Morgan fingerprint density at radius 2 is 1.79 bits per heavy atom. The Bertz CT molecular complexity index is 1410. The first-order valence-corrected chi connectivity index (χ1v) is 11.6. The minimum absolute atomic E-state index is 0.158. The maximum Gasteiger partial charge on any atom is 0.266 e. The van der Waals surface area contributed by atoms with Crippen LogP contribution < -0.4 is 5.56 Å². The van der Waals surface area contributed by atoms with E-state index in [2.05, 4.69) is 0 Å². The molecule has 1 unspecified atom stereocenters. The van der Waals surface area contributed by atoms with Crippen LogP contribution in [0, 0.1) is 6.92 Å². The van der Waals surface area contributed by atoms with Crippen molar-refractivity contribution in [2.45, 2.75) is 26.8 Å². The molecule has 4 aromatic rings. The second-order valence-electron chi connectivity index (χ2n) is 8.15. The van der Waals surface area contributed by atoms with Crippen LogP contribution in [-0.2, 0) is 4.79 Å². The van der Waals surface area contributed by atoms with Gasteiger partial charge < -0.3 is 4.90 Å². The number of carbonyl (C=O) groups excluding carboxylic acids is 1. The fourth-order valence-electron chi connectivity index (χ4n) is 3.99. The summed E-state index contributed by atoms with van der Waals surface area (Å²) in [6.45, 7) is 6.25. The summed E-state index contributed by atoms with van der Waals surface area (Å²) in [5.41, 5.74) is 3.03. The van der Waals surface area contributed by atoms with Gasteiger partial charge in [0.1, 0.15) is 5.82 Å². The van der Waals surface area contributed by atoms with Crippen molar-refractivity contribution in [2.24, 2.45) is 0 Å². The zero-order valence-electron chi connectivity index (χ0n) is 19.4. The number of nitrogens with zero attached hydrogens (tertiary/aromatic N) is 3. The van der Waals surface area contributed by atoms with E-state index in [-0.39, 0.29) is 11.5 Å². The second kappa shape index (κ2) is 10.1. The van der Waals surface area contributed by atoms with E-state index in [9.17, 15) is 9.59 Å². The summed E-state index contributed by atoms with van der Waals surface area (Å²) in [4.78, 5) is 33.3. The van der Waals surface area contributed by atoms with Crippen LogP contribution in [0.3, 0.4) is 0 Å². The van der Waals surface area contributed by atoms with Crippen LogP contribution in [0.15, 0.2) is 83.7 Å². The molecule has 0 bridgehead atoms. The third-order valence-electron chi connectivity index (χ3n) is 5.83. The Labute approximate surface area is 203 Å². The molecule has 0 radical (unpaired) electrons. The van der Waals surface area contributed by atoms with E-state index in [1.165, 1.54) is 0 Å². The van der Waals surface area contributed by atoms with Gasteiger partial charge in [0, 0.05) is 17.6 Å². The number of aryl methyl sites for hydroxylation is 1. The monoisotopic (exact) mass is 471 g/mol. The Kier molecular flexibility index (Phi) is 6.94. The molecule has 0 saturated heterocycles. The molecule has 172 valence electrons. The summed E-state index contributed by atoms with van der Waals surface area (Å²) in [6, 6.07) is 21.9. The quantitative estimate of drug-likeness (QED) is 0.325. The number of carbonyl (C=O) groups is 1. The van der Waals surface area contributed by atoms with Gasteiger partial charge in [-0.1, -0.05) is 59.6 Å². The molecule has 5 nitrogen and oxygen atoms in total. The van der Waals surface area contributed by atoms with Gasteiger partial charge in [0.15, 0.2) is 0 Å². The van der Waals surface area contributed by atoms with E-state index < -0.39 is 6.04 Å². The lowest BCUT2D eigenvalue weighted by atomic mass is 10.1. The lowest BCUT2D eigenvalue weighted by molar-refractivity contribution is -0.128. The molecule has 0 saturated carbocycles. The molecule has 0 spiro atoms. The van der Waals surface area contributed by atoms with E-state index in [4.69, 9.17) is 16.6 Å². The lowest BCUT2D eigenvalue weighted by Crippen LogP contribution is -2.36. The largest absolute Gasteiger partial charge is 0.330 e. The van der Waals surface area contributed by atoms with Crippen molar-refractivity contribution in [1.82, 2.24) is 14.5 Å². The maximum atomic E-state index is 13.6. The van der Waals surface area contributed by atoms with Gasteiger partial charge in [-0.15, -0.1) is 0 Å². The zero-order valence-corrected chi connectivity index (χ0v) is 20.2. The summed E-state index contributed by atoms with van der Waals surface area (Å²) in [6.07, 6.45) is 3.35. The highest BCUT2D eigenvalue weighted by atomic mass is 35.5. The molecule has 3 aromatic carbocycles. The van der Waals surface area contributed by atoms with Gasteiger partial charge >= 0.3 is 0 Å². The minimum Gasteiger partial charge on any atom is -0.330 e. The molecule has 1 atom stereocenters. The van der Waals surface area contributed by atoms with Gasteiger partial charge in [-0.05, 0) is 62.7 Å². The molecule has 0 aliphatic rings. The number of rotatable bonds is 6. The average Bonchev–Trinajstić information content (AvgIpc) is 2.84. The number of halogens is 1. The van der Waals surface area contributed by atoms with Gasteiger partial charge in [-0.25, -0.2) is 4.98 Å². The molecule has 1 heterocycles. The summed E-state index contributed by atoms with van der Waals surface area (Å²) in [7, 11) is 0. The van der Waals surface area contributed by atoms with Crippen LogP contribution in [0.4, 0.5) is 0 Å². The van der Waals surface area contributed by atoms with Crippen molar-refractivity contribution in [1.29, 1.82) is 0 Å². The number of hydrogen-bond donors (Lipinski definition) is 0. The predicted molar refractivity (Wildman–Crippen MR) is 138 cm³/mol. The molecular weight excluding hydrogens is 446 g/mol. The van der Waals surface area contributed by atoms with E-state index in [0.29, 0.717) is 34.0 Å². The molecular formula is C28H26ClN3O2. The fourth-order valence-corrected chi connectivity index (χ4v) is 4.15. The number of likely N-dealkylation sites (N-methyl/N-ethyl adjacent to an activating group) is 1. The molecule has 34 heavy (non-hydrogen) atoms. The van der Waals surface area contributed by atoms with Gasteiger partial charge in [0.2, 0.25) is 5.91 Å². The molecule has 1 amide bonds. The second-order valence-corrected chi connectivity index (χ2v) is 8.59. The third kappa shape index (κ3) is 4.80. The lowest BCUT2D eigenvalue weighted by Gasteiger charge is -2.28. The number of aromatic nitrogens is 2. The summed E-state index contributed by atoms with van der Waals surface area (Å²) in [5, 5.41) is 0.972. The van der Waals surface area contributed by atoms with Crippen LogP contribution in [0.2, 0.25) is 5.02 Å². The van der Waals surface area contributed by atoms with Crippen molar-refractivity contribution >= 4 is 34.5 Å². The van der Waals surface area contributed by atoms with Crippen molar-refractivity contribution in [3.8, 4) is 5.69 Å². The predicted octanol–water partition coefficient (Wildman–Crippen LogP) is 5.97. The highest BCUT2D eigenvalue weighted by Crippen LogP contribution is 2.24. The third-order valence-corrected chi connectivity index (χ3v) is 6.07. The van der Waals surface area contributed by atoms with Crippen LogP contribution in [0.25, 0.3) is 22.7 Å². The first-order valence-electron chi connectivity index (χ1n) is 11.2. The number of hydrogen-bond acceptors (Lipinski definition) is 3. The topological polar surface area (TPSA) is 55.2 Å². The fraction of sp³-hybridized carbons (Fsp3) is 0.179. The zero-order chi connectivity index (χ0) is 24.2. The highest BCUT2D eigenvalue weighted by Gasteiger charge is 2.25. The first-order chi connectivity index (χ1) is 16.4. The first kappa shape index (κ1) is 23.5. The van der Waals surface area contributed by atoms with Crippen molar-refractivity contribution in [3.63, 3.8) is 0 Å². The van der Waals surface area contributed by atoms with Gasteiger partial charge in [-0.3, -0.25) is 14.2 Å². The van der Waals surface area contributed by atoms with E-state index in [1.807, 2.05) is 75.4 Å². The maximum absolute atomic E-state index is 13.6. The van der Waals surface area contributed by atoms with E-state index >= 15 is 0 Å². The summed E-state index contributed by atoms with van der Waals surface area (Å²) in [5.74, 6) is 0.321. The van der Waals surface area contributed by atoms with Gasteiger partial charge in [0.05, 0.1) is 22.6 Å². The Hall–Kier alpha value is -3.70. The Morgan fingerprint density at radius 3 is 2.47 bits per heavy atom. The number of amides is 1. The van der Waals surface area contributed by atoms with Gasteiger partial charge in [0.25, 0.3) is 5.56 Å². The summed E-state index contributed by atoms with van der Waals surface area (Å²) < 4.78 is 1.59. The molecule has 0 aliphatic carbocycles. The molecule has 6 heteroatoms. The van der Waals surface area contributed by atoms with E-state index in [0.717, 1.165) is 11.1 Å². The Morgan fingerprint density at radius 1 is 1.09 bits per heavy atom. The normalized spacial score (nSPS) is 12.2. The standard InChI is InChI=1S/C28H26ClN3O2/c1-4-31(26(33)17-12-21-8-6-5-7-9-21)20(3)27-30-25-18-22(29)13-16-24(25)28(34)32(27)23-14-10-19(2)11-15-23/h5-18,20H,4H2,1-3H3/b17-12+. The SMILES string of the molecule is CCN(C(=O)/C=C/c1ccccc1)C(C)c1nc2cc(Cl)ccc2c(=O)n1-c1ccc(C)cc1. The summed E-state index contributed by atoms with van der Waals surface area (Å²) >= 11 is 6.19. The number of fused-ring (bicyclic) bond motifs is 1. The van der Waals surface area contributed by atoms with E-state index in [1.54, 1.807) is 39.8 Å². The van der Waals surface area contributed by atoms with Crippen LogP contribution in [0.1, 0.15) is 36.8 Å². The van der Waals surface area contributed by atoms with Crippen molar-refractivity contribution < 1.29 is 4.79 Å². The number of benzene rings is 3. The molecule has 1 aromatic heterocycles. The van der Waals surface area contributed by atoms with Crippen LogP contribution >= 0.6 is 11.6 Å². The Balaban J connectivity index is 1.82. The molecule has 4 rings (SSSR count). The van der Waals surface area contributed by atoms with Crippen molar-refractivity contribution in [3.05, 3.63) is 111 Å². The average molecular weight is 472 g/mol. The van der Waals surface area contributed by atoms with Gasteiger partial charge in [-0.2, -0.15) is 0 Å². The molecule has 0 N–H and O–H groups in total. The molecule has 0 fully saturated rings. The van der Waals surface area contributed by atoms with Crippen LogP contribution in [-0.4, -0.2) is 26.9 Å².